The van der Waals surface area contributed by atoms with Crippen LogP contribution in [0.3, 0.4) is 0 Å². The lowest BCUT2D eigenvalue weighted by Gasteiger charge is -2.10. The molecule has 1 aromatic carbocycles. The lowest BCUT2D eigenvalue weighted by atomic mass is 10.1. The number of benzene rings is 1. The Morgan fingerprint density at radius 2 is 2.10 bits per heavy atom. The Morgan fingerprint density at radius 3 is 2.65 bits per heavy atom. The van der Waals surface area contributed by atoms with Crippen LogP contribution in [-0.4, -0.2) is 5.16 Å². The molecule has 0 aliphatic rings. The first-order chi connectivity index (χ1) is 9.40. The molecule has 20 heavy (non-hydrogen) atoms. The molecule has 0 aliphatic heterocycles. The smallest absolute Gasteiger partial charge is 0.379 e. The summed E-state index contributed by atoms with van der Waals surface area (Å²) in [6.45, 7) is 2.04. The highest BCUT2D eigenvalue weighted by Gasteiger charge is 2.33. The fourth-order valence-corrected chi connectivity index (χ4v) is 1.69. The Kier molecular flexibility index (Phi) is 3.66. The molecule has 0 atom stereocenters. The number of nitrogens with zero attached hydrogens (tertiary/aromatic N) is 2. The topological polar surface area (TPSA) is 61.9 Å². The molecule has 0 spiro atoms. The van der Waals surface area contributed by atoms with Crippen molar-refractivity contribution in [3.8, 4) is 6.07 Å². The maximum Gasteiger partial charge on any atom is 0.417 e. The van der Waals surface area contributed by atoms with Gasteiger partial charge in [-0.1, -0.05) is 5.16 Å². The van der Waals surface area contributed by atoms with E-state index in [1.165, 1.54) is 6.07 Å². The van der Waals surface area contributed by atoms with Gasteiger partial charge in [-0.3, -0.25) is 0 Å². The van der Waals surface area contributed by atoms with Gasteiger partial charge in [0.2, 0.25) is 0 Å². The van der Waals surface area contributed by atoms with Crippen LogP contribution in [-0.2, 0) is 12.7 Å². The van der Waals surface area contributed by atoms with Crippen molar-refractivity contribution in [2.75, 3.05) is 5.32 Å². The minimum absolute atomic E-state index is 0.299. The number of aryl methyl sites for hydroxylation is 1. The van der Waals surface area contributed by atoms with Gasteiger partial charge in [0.05, 0.1) is 23.7 Å². The lowest BCUT2D eigenvalue weighted by molar-refractivity contribution is -0.137. The Morgan fingerprint density at radius 1 is 1.35 bits per heavy atom. The molecule has 1 heterocycles. The minimum Gasteiger partial charge on any atom is -0.379 e. The fourth-order valence-electron chi connectivity index (χ4n) is 1.69. The van der Waals surface area contributed by atoms with E-state index in [4.69, 9.17) is 9.78 Å². The van der Waals surface area contributed by atoms with Crippen LogP contribution in [0.4, 0.5) is 18.9 Å². The molecule has 4 nitrogen and oxygen atoms in total. The molecule has 1 aromatic heterocycles. The zero-order valence-corrected chi connectivity index (χ0v) is 10.5. The van der Waals surface area contributed by atoms with E-state index in [1.54, 1.807) is 19.1 Å². The highest BCUT2D eigenvalue weighted by molar-refractivity contribution is 5.53. The second-order valence-electron chi connectivity index (χ2n) is 4.15. The Bertz CT molecular complexity index is 656. The second kappa shape index (κ2) is 5.25. The molecule has 104 valence electrons. The van der Waals surface area contributed by atoms with Crippen LogP contribution >= 0.6 is 0 Å². The number of alkyl halides is 3. The molecule has 7 heteroatoms. The second-order valence-corrected chi connectivity index (χ2v) is 4.15. The van der Waals surface area contributed by atoms with Gasteiger partial charge in [-0.2, -0.15) is 18.4 Å². The highest BCUT2D eigenvalue weighted by Crippen LogP contribution is 2.33. The van der Waals surface area contributed by atoms with Crippen LogP contribution in [0.5, 0.6) is 0 Å². The molecule has 0 aliphatic carbocycles. The summed E-state index contributed by atoms with van der Waals surface area (Å²) in [5.41, 5.74) is -0.322. The largest absolute Gasteiger partial charge is 0.417 e. The van der Waals surface area contributed by atoms with E-state index in [-0.39, 0.29) is 0 Å². The van der Waals surface area contributed by atoms with E-state index in [2.05, 4.69) is 10.5 Å². The molecule has 0 fully saturated rings. The highest BCUT2D eigenvalue weighted by atomic mass is 19.4. The summed E-state index contributed by atoms with van der Waals surface area (Å²) >= 11 is 0. The third-order valence-corrected chi connectivity index (χ3v) is 2.60. The average Bonchev–Trinajstić information content (AvgIpc) is 2.80. The van der Waals surface area contributed by atoms with Gasteiger partial charge >= 0.3 is 6.18 Å². The molecule has 2 rings (SSSR count). The van der Waals surface area contributed by atoms with E-state index in [0.717, 1.165) is 12.1 Å². The molecule has 0 radical (unpaired) electrons. The molecule has 0 bridgehead atoms. The molecule has 1 N–H and O–H groups in total. The molecule has 0 saturated carbocycles. The summed E-state index contributed by atoms with van der Waals surface area (Å²) in [5.74, 6) is 0.645. The third kappa shape index (κ3) is 3.09. The molecule has 0 saturated heterocycles. The lowest BCUT2D eigenvalue weighted by Crippen LogP contribution is -2.08. The van der Waals surface area contributed by atoms with E-state index < -0.39 is 17.3 Å². The van der Waals surface area contributed by atoms with Crippen molar-refractivity contribution in [2.24, 2.45) is 0 Å². The van der Waals surface area contributed by atoms with Crippen LogP contribution in [0.25, 0.3) is 0 Å². The summed E-state index contributed by atoms with van der Waals surface area (Å²) in [6.07, 6.45) is -4.53. The molecule has 0 amide bonds. The Labute approximate surface area is 112 Å². The minimum atomic E-state index is -4.53. The van der Waals surface area contributed by atoms with Crippen LogP contribution in [0, 0.1) is 18.3 Å². The van der Waals surface area contributed by atoms with Gasteiger partial charge in [0.1, 0.15) is 11.5 Å². The van der Waals surface area contributed by atoms with Gasteiger partial charge in [-0.15, -0.1) is 0 Å². The van der Waals surface area contributed by atoms with Crippen molar-refractivity contribution in [3.63, 3.8) is 0 Å². The standard InChI is InChI=1S/C13H10F3N3O/c1-8-4-11(19-20-8)7-18-10-2-3-12(13(14,15)16)9(5-10)6-17/h2-5,18H,7H2,1H3. The van der Waals surface area contributed by atoms with Crippen molar-refractivity contribution < 1.29 is 17.7 Å². The van der Waals surface area contributed by atoms with Gasteiger partial charge in [-0.25, -0.2) is 0 Å². The zero-order valence-electron chi connectivity index (χ0n) is 10.5. The van der Waals surface area contributed by atoms with Crippen LogP contribution in [0.1, 0.15) is 22.6 Å². The quantitative estimate of drug-likeness (QED) is 0.935. The first-order valence-corrected chi connectivity index (χ1v) is 5.67. The summed E-state index contributed by atoms with van der Waals surface area (Å²) in [6, 6.07) is 6.58. The first kappa shape index (κ1) is 13.9. The van der Waals surface area contributed by atoms with Crippen molar-refractivity contribution in [2.45, 2.75) is 19.6 Å². The molecule has 2 aromatic rings. The normalized spacial score (nSPS) is 11.2. The number of anilines is 1. The SMILES string of the molecule is Cc1cc(CNc2ccc(C(F)(F)F)c(C#N)c2)no1. The van der Waals surface area contributed by atoms with E-state index in [1.807, 2.05) is 0 Å². The van der Waals surface area contributed by atoms with E-state index in [0.29, 0.717) is 23.7 Å². The number of nitriles is 1. The summed E-state index contributed by atoms with van der Waals surface area (Å²) in [4.78, 5) is 0. The number of halogens is 3. The van der Waals surface area contributed by atoms with Crippen molar-refractivity contribution in [3.05, 3.63) is 46.8 Å². The number of aromatic nitrogens is 1. The molecular formula is C13H10F3N3O. The molecule has 0 unspecified atom stereocenters. The summed E-state index contributed by atoms with van der Waals surface area (Å²) < 4.78 is 42.8. The predicted molar refractivity (Wildman–Crippen MR) is 64.7 cm³/mol. The van der Waals surface area contributed by atoms with Crippen LogP contribution in [0.15, 0.2) is 28.8 Å². The van der Waals surface area contributed by atoms with Gasteiger partial charge in [-0.05, 0) is 25.1 Å². The monoisotopic (exact) mass is 281 g/mol. The summed E-state index contributed by atoms with van der Waals surface area (Å²) in [7, 11) is 0. The van der Waals surface area contributed by atoms with E-state index >= 15 is 0 Å². The van der Waals surface area contributed by atoms with Gasteiger partial charge < -0.3 is 9.84 Å². The molecular weight excluding hydrogens is 271 g/mol. The Balaban J connectivity index is 2.16. The van der Waals surface area contributed by atoms with Crippen molar-refractivity contribution in [1.29, 1.82) is 5.26 Å². The van der Waals surface area contributed by atoms with Crippen LogP contribution in [0.2, 0.25) is 0 Å². The Hall–Kier alpha value is -2.49. The third-order valence-electron chi connectivity index (χ3n) is 2.60. The number of hydrogen-bond acceptors (Lipinski definition) is 4. The van der Waals surface area contributed by atoms with Crippen molar-refractivity contribution in [1.82, 2.24) is 5.16 Å². The van der Waals surface area contributed by atoms with Crippen LogP contribution < -0.4 is 5.32 Å². The predicted octanol–water partition coefficient (Wildman–Crippen LogP) is 3.49. The maximum atomic E-state index is 12.6. The number of hydrogen-bond donors (Lipinski definition) is 1. The number of nitrogens with one attached hydrogen (secondary N) is 1. The number of rotatable bonds is 3. The first-order valence-electron chi connectivity index (χ1n) is 5.67. The average molecular weight is 281 g/mol. The van der Waals surface area contributed by atoms with E-state index in [9.17, 15) is 13.2 Å². The van der Waals surface area contributed by atoms with Gasteiger partial charge in [0.25, 0.3) is 0 Å². The summed E-state index contributed by atoms with van der Waals surface area (Å²) in [5, 5.41) is 15.4. The van der Waals surface area contributed by atoms with Gasteiger partial charge in [0, 0.05) is 11.8 Å². The maximum absolute atomic E-state index is 12.6. The zero-order chi connectivity index (χ0) is 14.8. The fraction of sp³-hybridized carbons (Fsp3) is 0.231. The van der Waals surface area contributed by atoms with Crippen molar-refractivity contribution >= 4 is 5.69 Å². The van der Waals surface area contributed by atoms with Gasteiger partial charge in [0.15, 0.2) is 0 Å².